The predicted octanol–water partition coefficient (Wildman–Crippen LogP) is 3.55. The first kappa shape index (κ1) is 24.5. The van der Waals surface area contributed by atoms with Crippen molar-refractivity contribution in [1.82, 2.24) is 10.2 Å². The van der Waals surface area contributed by atoms with Crippen molar-refractivity contribution in [3.8, 4) is 5.75 Å². The third-order valence-corrected chi connectivity index (χ3v) is 6.37. The molecule has 0 bridgehead atoms. The molecule has 0 aliphatic carbocycles. The number of hydrogen-bond donors (Lipinski definition) is 3. The van der Waals surface area contributed by atoms with Crippen molar-refractivity contribution >= 4 is 29.2 Å². The lowest BCUT2D eigenvalue weighted by Gasteiger charge is -2.42. The summed E-state index contributed by atoms with van der Waals surface area (Å²) in [5, 5.41) is 8.36. The summed E-state index contributed by atoms with van der Waals surface area (Å²) < 4.78 is 12.2. The Morgan fingerprint density at radius 2 is 1.77 bits per heavy atom. The molecule has 0 unspecified atom stereocenters. The summed E-state index contributed by atoms with van der Waals surface area (Å²) in [6, 6.07) is 11.9. The van der Waals surface area contributed by atoms with Crippen LogP contribution in [-0.2, 0) is 9.53 Å². The Hall–Kier alpha value is -3.59. The number of hydrogen-bond acceptors (Lipinski definition) is 5. The molecule has 186 valence electrons. The van der Waals surface area contributed by atoms with E-state index in [1.165, 1.54) is 0 Å². The molecule has 4 rings (SSSR count). The first-order valence-corrected chi connectivity index (χ1v) is 11.9. The maximum absolute atomic E-state index is 13.3. The topological polar surface area (TPSA) is 109 Å². The highest BCUT2D eigenvalue weighted by molar-refractivity contribution is 6.02. The van der Waals surface area contributed by atoms with Gasteiger partial charge in [-0.1, -0.05) is 17.7 Å². The van der Waals surface area contributed by atoms with E-state index in [1.807, 2.05) is 38.1 Å². The number of carbonyl (C=O) groups is 3. The Balaban J connectivity index is 1.44. The number of nitrogens with one attached hydrogen (secondary N) is 3. The number of benzene rings is 2. The highest BCUT2D eigenvalue weighted by Gasteiger charge is 2.39. The molecule has 2 aliphatic rings. The number of rotatable bonds is 5. The molecule has 3 atom stereocenters. The first-order valence-electron chi connectivity index (χ1n) is 11.9. The van der Waals surface area contributed by atoms with E-state index in [-0.39, 0.29) is 36.7 Å². The van der Waals surface area contributed by atoms with Gasteiger partial charge in [0.1, 0.15) is 18.5 Å². The number of fused-ring (bicyclic) bond motifs is 2. The molecule has 1 fully saturated rings. The third-order valence-electron chi connectivity index (χ3n) is 6.37. The van der Waals surface area contributed by atoms with Gasteiger partial charge >= 0.3 is 6.03 Å². The molecule has 0 aromatic heterocycles. The Bertz CT molecular complexity index is 1090. The Morgan fingerprint density at radius 1 is 1.06 bits per heavy atom. The van der Waals surface area contributed by atoms with Crippen LogP contribution < -0.4 is 20.7 Å². The smallest absolute Gasteiger partial charge is 0.323 e. The predicted molar refractivity (Wildman–Crippen MR) is 133 cm³/mol. The molecule has 1 saturated heterocycles. The van der Waals surface area contributed by atoms with Crippen molar-refractivity contribution in [2.75, 3.05) is 30.8 Å². The van der Waals surface area contributed by atoms with Crippen molar-refractivity contribution in [3.63, 3.8) is 0 Å². The molecule has 2 aliphatic heterocycles. The highest BCUT2D eigenvalue weighted by Crippen LogP contribution is 2.32. The molecule has 2 aromatic carbocycles. The summed E-state index contributed by atoms with van der Waals surface area (Å²) in [7, 11) is 1.76. The largest absolute Gasteiger partial charge is 0.490 e. The second kappa shape index (κ2) is 10.8. The van der Waals surface area contributed by atoms with Gasteiger partial charge in [-0.3, -0.25) is 9.59 Å². The lowest BCUT2D eigenvalue weighted by molar-refractivity contribution is -0.133. The molecule has 3 N–H and O–H groups in total. The van der Waals surface area contributed by atoms with Crippen molar-refractivity contribution in [3.05, 3.63) is 53.6 Å². The van der Waals surface area contributed by atoms with Crippen LogP contribution in [0.15, 0.2) is 42.5 Å². The van der Waals surface area contributed by atoms with Crippen molar-refractivity contribution in [1.29, 1.82) is 0 Å². The molecule has 0 saturated carbocycles. The van der Waals surface area contributed by atoms with Crippen molar-refractivity contribution in [2.24, 2.45) is 0 Å². The third kappa shape index (κ3) is 5.92. The maximum atomic E-state index is 13.3. The van der Waals surface area contributed by atoms with E-state index in [9.17, 15) is 14.4 Å². The normalized spacial score (nSPS) is 21.5. The zero-order chi connectivity index (χ0) is 24.9. The van der Waals surface area contributed by atoms with Gasteiger partial charge in [-0.15, -0.1) is 0 Å². The number of amides is 4. The minimum Gasteiger partial charge on any atom is -0.490 e. The Labute approximate surface area is 205 Å². The van der Waals surface area contributed by atoms with Crippen LogP contribution in [0.5, 0.6) is 5.75 Å². The average molecular weight is 481 g/mol. The summed E-state index contributed by atoms with van der Waals surface area (Å²) in [4.78, 5) is 39.5. The Kier molecular flexibility index (Phi) is 7.55. The van der Waals surface area contributed by atoms with Crippen molar-refractivity contribution < 1.29 is 23.9 Å². The zero-order valence-electron chi connectivity index (χ0n) is 20.3. The minimum atomic E-state index is -0.403. The summed E-state index contributed by atoms with van der Waals surface area (Å²) in [5.41, 5.74) is 2.64. The molecule has 2 aromatic rings. The molecule has 2 heterocycles. The average Bonchev–Trinajstić information content (AvgIpc) is 2.83. The van der Waals surface area contributed by atoms with Crippen LogP contribution in [0.2, 0.25) is 0 Å². The van der Waals surface area contributed by atoms with Gasteiger partial charge in [0.2, 0.25) is 5.91 Å². The lowest BCUT2D eigenvalue weighted by Crippen LogP contribution is -2.54. The fourth-order valence-corrected chi connectivity index (χ4v) is 4.51. The Morgan fingerprint density at radius 3 is 2.51 bits per heavy atom. The minimum absolute atomic E-state index is 0.0380. The van der Waals surface area contributed by atoms with Crippen LogP contribution in [0.25, 0.3) is 0 Å². The molecule has 4 amide bonds. The van der Waals surface area contributed by atoms with Gasteiger partial charge in [0.15, 0.2) is 0 Å². The van der Waals surface area contributed by atoms with Crippen LogP contribution in [0.4, 0.5) is 16.2 Å². The lowest BCUT2D eigenvalue weighted by atomic mass is 9.94. The van der Waals surface area contributed by atoms with Gasteiger partial charge in [0.25, 0.3) is 5.91 Å². The van der Waals surface area contributed by atoms with E-state index in [4.69, 9.17) is 9.47 Å². The summed E-state index contributed by atoms with van der Waals surface area (Å²) in [5.74, 6) is 0.186. The fourth-order valence-electron chi connectivity index (χ4n) is 4.51. The van der Waals surface area contributed by atoms with Gasteiger partial charge in [0.05, 0.1) is 24.1 Å². The van der Waals surface area contributed by atoms with E-state index >= 15 is 0 Å². The van der Waals surface area contributed by atoms with Crippen LogP contribution in [0, 0.1) is 6.92 Å². The van der Waals surface area contributed by atoms with E-state index in [0.717, 1.165) is 5.56 Å². The van der Waals surface area contributed by atoms with Crippen molar-refractivity contribution in [2.45, 2.75) is 51.4 Å². The maximum Gasteiger partial charge on any atom is 0.323 e. The van der Waals surface area contributed by atoms with Gasteiger partial charge in [-0.2, -0.15) is 0 Å². The standard InChI is InChI=1S/C26H32N4O5/c1-4-27-24(31)14-19-10-11-21-23(35-19)15-34-22-12-9-18(13-20(22)25(32)30(21)3)29-26(33)28-17-7-5-16(2)6-8-17/h5-9,12-13,19,21,23H,4,10-11,14-15H2,1-3H3,(H,27,31)(H2,28,29,33)/t19-,21-,23+/m0/s1. The van der Waals surface area contributed by atoms with E-state index in [1.54, 1.807) is 30.1 Å². The monoisotopic (exact) mass is 480 g/mol. The van der Waals surface area contributed by atoms with E-state index in [0.29, 0.717) is 48.5 Å². The van der Waals surface area contributed by atoms with Gasteiger partial charge < -0.3 is 30.3 Å². The van der Waals surface area contributed by atoms with E-state index in [2.05, 4.69) is 16.0 Å². The molecule has 0 radical (unpaired) electrons. The summed E-state index contributed by atoms with van der Waals surface area (Å²) in [6.45, 7) is 4.71. The molecule has 9 heteroatoms. The molecule has 0 spiro atoms. The van der Waals surface area contributed by atoms with Gasteiger partial charge in [-0.25, -0.2) is 4.79 Å². The number of ether oxygens (including phenoxy) is 2. The fraction of sp³-hybridized carbons (Fsp3) is 0.423. The summed E-state index contributed by atoms with van der Waals surface area (Å²) in [6.07, 6.45) is 1.16. The second-order valence-corrected chi connectivity index (χ2v) is 8.98. The van der Waals surface area contributed by atoms with E-state index < -0.39 is 6.03 Å². The second-order valence-electron chi connectivity index (χ2n) is 8.98. The number of likely N-dealkylation sites (N-methyl/N-ethyl adjacent to an activating group) is 1. The van der Waals surface area contributed by atoms with Crippen LogP contribution in [0.1, 0.15) is 42.1 Å². The first-order chi connectivity index (χ1) is 16.8. The molecular weight excluding hydrogens is 448 g/mol. The van der Waals surface area contributed by atoms with Gasteiger partial charge in [-0.05, 0) is 57.0 Å². The number of urea groups is 1. The number of carbonyl (C=O) groups excluding carboxylic acids is 3. The SMILES string of the molecule is CCNC(=O)C[C@@H]1CC[C@H]2[C@@H](COc3ccc(NC(=O)Nc4ccc(C)cc4)cc3C(=O)N2C)O1. The van der Waals surface area contributed by atoms with Crippen LogP contribution in [0.3, 0.4) is 0 Å². The summed E-state index contributed by atoms with van der Waals surface area (Å²) >= 11 is 0. The van der Waals surface area contributed by atoms with Crippen LogP contribution in [-0.4, -0.2) is 61.2 Å². The number of nitrogens with zero attached hydrogens (tertiary/aromatic N) is 1. The number of anilines is 2. The molecular formula is C26H32N4O5. The quantitative estimate of drug-likeness (QED) is 0.607. The highest BCUT2D eigenvalue weighted by atomic mass is 16.5. The van der Waals surface area contributed by atoms with Gasteiger partial charge in [0, 0.05) is 25.0 Å². The molecule has 35 heavy (non-hydrogen) atoms. The van der Waals surface area contributed by atoms with Crippen LogP contribution >= 0.6 is 0 Å². The molecule has 9 nitrogen and oxygen atoms in total. The zero-order valence-corrected chi connectivity index (χ0v) is 20.3. The number of aryl methyl sites for hydroxylation is 1.